The maximum Gasteiger partial charge on any atom is 0.261 e. The Morgan fingerprint density at radius 3 is 2.47 bits per heavy atom. The fraction of sp³-hybridized carbons (Fsp3) is 0. The summed E-state index contributed by atoms with van der Waals surface area (Å²) in [5.74, 6) is 0.00571. The third-order valence-electron chi connectivity index (χ3n) is 2.83. The zero-order valence-corrected chi connectivity index (χ0v) is 9.82. The summed E-state index contributed by atoms with van der Waals surface area (Å²) in [4.78, 5) is 16.3. The van der Waals surface area contributed by atoms with Crippen LogP contribution in [0.1, 0.15) is 0 Å². The molecule has 0 unspecified atom stereocenters. The molecule has 5 heteroatoms. The number of phenolic OH excluding ortho intramolecular Hbond substituents is 1. The molecule has 3 aromatic rings. The molecule has 0 bridgehead atoms. The number of hydrogen-bond donors (Lipinski definition) is 2. The fourth-order valence-electron chi connectivity index (χ4n) is 1.92. The molecule has 5 nitrogen and oxygen atoms in total. The smallest absolute Gasteiger partial charge is 0.261 e. The Morgan fingerprint density at radius 2 is 1.74 bits per heavy atom. The summed E-state index contributed by atoms with van der Waals surface area (Å²) in [6, 6.07) is 12.5. The van der Waals surface area contributed by atoms with Crippen LogP contribution in [0.4, 0.5) is 0 Å². The summed E-state index contributed by atoms with van der Waals surface area (Å²) >= 11 is 0. The molecule has 0 saturated carbocycles. The molecule has 0 aliphatic rings. The first-order valence-electron chi connectivity index (χ1n) is 5.66. The molecule has 1 aromatic carbocycles. The van der Waals surface area contributed by atoms with E-state index in [0.717, 1.165) is 9.96 Å². The lowest BCUT2D eigenvalue weighted by atomic mass is 10.1. The normalized spacial score (nSPS) is 10.7. The third-order valence-corrected chi connectivity index (χ3v) is 2.83. The fourth-order valence-corrected chi connectivity index (χ4v) is 1.92. The highest BCUT2D eigenvalue weighted by Gasteiger charge is 2.07. The van der Waals surface area contributed by atoms with Gasteiger partial charge in [-0.1, -0.05) is 6.07 Å². The largest absolute Gasteiger partial charge is 0.508 e. The van der Waals surface area contributed by atoms with Gasteiger partial charge in [-0.2, -0.15) is 0 Å². The number of pyridine rings is 1. The third kappa shape index (κ3) is 1.91. The second-order valence-corrected chi connectivity index (χ2v) is 4.10. The Hall–Kier alpha value is -2.82. The first kappa shape index (κ1) is 11.3. The van der Waals surface area contributed by atoms with Crippen LogP contribution < -0.4 is 5.56 Å². The van der Waals surface area contributed by atoms with Crippen LogP contribution in [0, 0.1) is 0 Å². The van der Waals surface area contributed by atoms with Crippen LogP contribution in [-0.4, -0.2) is 19.6 Å². The second-order valence-electron chi connectivity index (χ2n) is 4.10. The molecule has 2 N–H and O–H groups in total. The molecule has 0 radical (unpaired) electrons. The highest BCUT2D eigenvalue weighted by Crippen LogP contribution is 2.20. The Balaban J connectivity index is 2.27. The van der Waals surface area contributed by atoms with Crippen molar-refractivity contribution in [3.8, 4) is 22.9 Å². The minimum Gasteiger partial charge on any atom is -0.508 e. The van der Waals surface area contributed by atoms with Crippen molar-refractivity contribution in [2.75, 3.05) is 0 Å². The number of benzene rings is 1. The maximum atomic E-state index is 12.0. The van der Waals surface area contributed by atoms with Crippen LogP contribution in [0.15, 0.2) is 53.3 Å². The summed E-state index contributed by atoms with van der Waals surface area (Å²) in [5.41, 5.74) is 1.23. The summed E-state index contributed by atoms with van der Waals surface area (Å²) in [7, 11) is 0. The Kier molecular flexibility index (Phi) is 2.45. The van der Waals surface area contributed by atoms with E-state index in [4.69, 9.17) is 0 Å². The minimum absolute atomic E-state index is 0.146. The van der Waals surface area contributed by atoms with Gasteiger partial charge in [0, 0.05) is 11.6 Å². The lowest BCUT2D eigenvalue weighted by molar-refractivity contribution is 0.443. The van der Waals surface area contributed by atoms with Gasteiger partial charge in [0.2, 0.25) is 0 Å². The van der Waals surface area contributed by atoms with Crippen molar-refractivity contribution in [3.63, 3.8) is 0 Å². The summed E-state index contributed by atoms with van der Waals surface area (Å²) in [6.07, 6.45) is 0. The number of aromatic nitrogens is 2. The molecular weight excluding hydrogens is 244 g/mol. The molecule has 94 valence electrons. The van der Waals surface area contributed by atoms with Crippen molar-refractivity contribution < 1.29 is 10.2 Å². The van der Waals surface area contributed by atoms with Crippen LogP contribution in [0.2, 0.25) is 0 Å². The van der Waals surface area contributed by atoms with Crippen LogP contribution in [0.5, 0.6) is 11.6 Å². The van der Waals surface area contributed by atoms with Gasteiger partial charge >= 0.3 is 0 Å². The summed E-state index contributed by atoms with van der Waals surface area (Å²) in [5, 5.41) is 18.9. The lowest BCUT2D eigenvalue weighted by Crippen LogP contribution is -2.14. The van der Waals surface area contributed by atoms with Gasteiger partial charge in [0.05, 0.1) is 5.69 Å². The molecule has 0 fully saturated rings. The first-order valence-corrected chi connectivity index (χ1v) is 5.66. The standard InChI is InChI=1S/C14H10N2O3/c17-10-6-4-9(5-7-10)11-8-14(19)16-12(15-11)2-1-3-13(16)18/h1-8,17-18H. The van der Waals surface area contributed by atoms with E-state index < -0.39 is 0 Å². The van der Waals surface area contributed by atoms with Crippen molar-refractivity contribution in [3.05, 3.63) is 58.9 Å². The molecule has 2 aromatic heterocycles. The molecule has 2 heterocycles. The highest BCUT2D eigenvalue weighted by atomic mass is 16.3. The molecule has 0 spiro atoms. The molecule has 0 amide bonds. The van der Waals surface area contributed by atoms with Gasteiger partial charge in [-0.25, -0.2) is 9.38 Å². The van der Waals surface area contributed by atoms with E-state index in [1.807, 2.05) is 0 Å². The van der Waals surface area contributed by atoms with Gasteiger partial charge in [-0.15, -0.1) is 0 Å². The molecule has 0 saturated heterocycles. The van der Waals surface area contributed by atoms with E-state index in [9.17, 15) is 15.0 Å². The zero-order valence-electron chi connectivity index (χ0n) is 9.82. The molecule has 0 atom stereocenters. The number of nitrogens with zero attached hydrogens (tertiary/aromatic N) is 2. The van der Waals surface area contributed by atoms with Gasteiger partial charge in [0.25, 0.3) is 5.56 Å². The SMILES string of the molecule is O=c1cc(-c2ccc(O)cc2)nc2cccc(O)n12. The van der Waals surface area contributed by atoms with Crippen LogP contribution in [0.3, 0.4) is 0 Å². The van der Waals surface area contributed by atoms with E-state index in [-0.39, 0.29) is 17.2 Å². The van der Waals surface area contributed by atoms with Crippen molar-refractivity contribution in [2.24, 2.45) is 0 Å². The van der Waals surface area contributed by atoms with Crippen LogP contribution >= 0.6 is 0 Å². The average Bonchev–Trinajstić information content (AvgIpc) is 2.39. The number of fused-ring (bicyclic) bond motifs is 1. The monoisotopic (exact) mass is 254 g/mol. The van der Waals surface area contributed by atoms with Crippen molar-refractivity contribution in [1.82, 2.24) is 9.38 Å². The van der Waals surface area contributed by atoms with E-state index in [0.29, 0.717) is 11.3 Å². The number of rotatable bonds is 1. The number of phenols is 1. The van der Waals surface area contributed by atoms with Crippen LogP contribution in [0.25, 0.3) is 16.9 Å². The second kappa shape index (κ2) is 4.13. The Bertz CT molecular complexity index is 807. The molecular formula is C14H10N2O3. The minimum atomic E-state index is -0.355. The predicted octanol–water partition coefficient (Wildman–Crippen LogP) is 1.77. The van der Waals surface area contributed by atoms with E-state index in [1.54, 1.807) is 24.3 Å². The van der Waals surface area contributed by atoms with Gasteiger partial charge in [-0.05, 0) is 36.4 Å². The predicted molar refractivity (Wildman–Crippen MR) is 70.2 cm³/mol. The Labute approximate surface area is 108 Å². The van der Waals surface area contributed by atoms with E-state index in [1.165, 1.54) is 24.3 Å². The summed E-state index contributed by atoms with van der Waals surface area (Å²) in [6.45, 7) is 0. The quantitative estimate of drug-likeness (QED) is 0.694. The topological polar surface area (TPSA) is 74.8 Å². The van der Waals surface area contributed by atoms with E-state index >= 15 is 0 Å². The van der Waals surface area contributed by atoms with Gasteiger partial charge in [0.1, 0.15) is 11.4 Å². The molecule has 3 rings (SSSR count). The molecule has 0 aliphatic heterocycles. The van der Waals surface area contributed by atoms with Gasteiger partial charge in [-0.3, -0.25) is 4.79 Å². The molecule has 19 heavy (non-hydrogen) atoms. The number of hydrogen-bond acceptors (Lipinski definition) is 4. The summed E-state index contributed by atoms with van der Waals surface area (Å²) < 4.78 is 1.13. The van der Waals surface area contributed by atoms with E-state index in [2.05, 4.69) is 4.98 Å². The average molecular weight is 254 g/mol. The first-order chi connectivity index (χ1) is 9.15. The lowest BCUT2D eigenvalue weighted by Gasteiger charge is -2.05. The van der Waals surface area contributed by atoms with Gasteiger partial charge in [0.15, 0.2) is 5.88 Å². The van der Waals surface area contributed by atoms with Crippen molar-refractivity contribution >= 4 is 5.65 Å². The van der Waals surface area contributed by atoms with Crippen molar-refractivity contribution in [2.45, 2.75) is 0 Å². The van der Waals surface area contributed by atoms with Crippen molar-refractivity contribution in [1.29, 1.82) is 0 Å². The zero-order chi connectivity index (χ0) is 13.4. The van der Waals surface area contributed by atoms with Gasteiger partial charge < -0.3 is 10.2 Å². The highest BCUT2D eigenvalue weighted by molar-refractivity contribution is 5.62. The Morgan fingerprint density at radius 1 is 1.00 bits per heavy atom. The number of aromatic hydroxyl groups is 2. The molecule has 0 aliphatic carbocycles. The maximum absolute atomic E-state index is 12.0. The van der Waals surface area contributed by atoms with Crippen LogP contribution in [-0.2, 0) is 0 Å².